The summed E-state index contributed by atoms with van der Waals surface area (Å²) in [6.45, 7) is 2.24. The number of aliphatic hydroxyl groups is 1. The highest BCUT2D eigenvalue weighted by molar-refractivity contribution is 5.95. The van der Waals surface area contributed by atoms with Crippen molar-refractivity contribution in [3.63, 3.8) is 0 Å². The van der Waals surface area contributed by atoms with Gasteiger partial charge in [0.05, 0.1) is 26.0 Å². The first kappa shape index (κ1) is 17.0. The Balaban J connectivity index is 1.60. The molecular formula is C18H22FN5O2. The minimum Gasteiger partial charge on any atom is -0.481 e. The average Bonchev–Trinajstić information content (AvgIpc) is 3.29. The van der Waals surface area contributed by atoms with E-state index < -0.39 is 0 Å². The van der Waals surface area contributed by atoms with Crippen LogP contribution in [0.3, 0.4) is 0 Å². The molecule has 1 aromatic rings. The predicted octanol–water partition coefficient (Wildman–Crippen LogP) is 1.66. The van der Waals surface area contributed by atoms with Gasteiger partial charge in [-0.15, -0.1) is 0 Å². The van der Waals surface area contributed by atoms with Crippen LogP contribution < -0.4 is 4.74 Å². The van der Waals surface area contributed by atoms with E-state index >= 15 is 0 Å². The van der Waals surface area contributed by atoms with E-state index in [1.165, 1.54) is 12.3 Å². The summed E-state index contributed by atoms with van der Waals surface area (Å²) < 4.78 is 19.1. The molecule has 0 amide bonds. The Morgan fingerprint density at radius 3 is 3.12 bits per heavy atom. The minimum atomic E-state index is -0.363. The predicted molar refractivity (Wildman–Crippen MR) is 94.6 cm³/mol. The SMILES string of the molecule is COc1ncc(F)cc1[C@H]1CCCN1C1=NC2=CCN(CCO)N2C=C1. The molecule has 26 heavy (non-hydrogen) atoms. The fraction of sp³-hybridized carbons (Fsp3) is 0.444. The van der Waals surface area contributed by atoms with Crippen LogP contribution in [0.15, 0.2) is 41.4 Å². The molecule has 138 valence electrons. The van der Waals surface area contributed by atoms with Crippen molar-refractivity contribution >= 4 is 5.84 Å². The number of aromatic nitrogens is 1. The Bertz CT molecular complexity index is 779. The summed E-state index contributed by atoms with van der Waals surface area (Å²) in [5, 5.41) is 13.1. The van der Waals surface area contributed by atoms with E-state index in [9.17, 15) is 4.39 Å². The maximum atomic E-state index is 13.8. The number of nitrogens with zero attached hydrogens (tertiary/aromatic N) is 5. The van der Waals surface area contributed by atoms with E-state index in [0.29, 0.717) is 12.4 Å². The van der Waals surface area contributed by atoms with Gasteiger partial charge in [-0.2, -0.15) is 0 Å². The Labute approximate surface area is 151 Å². The van der Waals surface area contributed by atoms with E-state index in [4.69, 9.17) is 14.8 Å². The smallest absolute Gasteiger partial charge is 0.218 e. The Kier molecular flexibility index (Phi) is 4.60. The molecule has 3 aliphatic heterocycles. The third-order valence-electron chi connectivity index (χ3n) is 4.92. The number of ether oxygens (including phenoxy) is 1. The van der Waals surface area contributed by atoms with Gasteiger partial charge in [0.15, 0.2) is 0 Å². The molecule has 0 aromatic carbocycles. The number of β-amino-alcohol motifs (C(OH)–C–C–N with tert-alkyl or cyclic N) is 1. The molecule has 0 saturated carbocycles. The maximum Gasteiger partial charge on any atom is 0.218 e. The van der Waals surface area contributed by atoms with Crippen molar-refractivity contribution < 1.29 is 14.2 Å². The average molecular weight is 359 g/mol. The lowest BCUT2D eigenvalue weighted by atomic mass is 10.1. The number of amidine groups is 1. The number of hydrazine groups is 1. The van der Waals surface area contributed by atoms with Crippen molar-refractivity contribution in [2.24, 2.45) is 4.99 Å². The summed E-state index contributed by atoms with van der Waals surface area (Å²) >= 11 is 0. The number of hydrogen-bond acceptors (Lipinski definition) is 7. The van der Waals surface area contributed by atoms with Gasteiger partial charge < -0.3 is 14.7 Å². The molecule has 1 aromatic heterocycles. The van der Waals surface area contributed by atoms with Gasteiger partial charge >= 0.3 is 0 Å². The topological polar surface area (TPSA) is 64.4 Å². The van der Waals surface area contributed by atoms with E-state index in [2.05, 4.69) is 9.88 Å². The lowest BCUT2D eigenvalue weighted by molar-refractivity contribution is 0.0657. The first-order chi connectivity index (χ1) is 12.7. The molecular weight excluding hydrogens is 337 g/mol. The number of pyridine rings is 1. The van der Waals surface area contributed by atoms with Crippen LogP contribution in [-0.4, -0.2) is 64.2 Å². The monoisotopic (exact) mass is 359 g/mol. The van der Waals surface area contributed by atoms with Crippen LogP contribution in [0.2, 0.25) is 0 Å². The molecule has 0 bridgehead atoms. The summed E-state index contributed by atoms with van der Waals surface area (Å²) in [5.74, 6) is 1.80. The van der Waals surface area contributed by atoms with Crippen LogP contribution in [0.25, 0.3) is 0 Å². The summed E-state index contributed by atoms with van der Waals surface area (Å²) in [7, 11) is 1.55. The normalized spacial score (nSPS) is 22.5. The molecule has 0 unspecified atom stereocenters. The second kappa shape index (κ2) is 7.05. The van der Waals surface area contributed by atoms with E-state index in [1.54, 1.807) is 7.11 Å². The lowest BCUT2D eigenvalue weighted by Gasteiger charge is -2.33. The Hall–Kier alpha value is -2.45. The third-order valence-corrected chi connectivity index (χ3v) is 4.92. The van der Waals surface area contributed by atoms with Crippen LogP contribution in [0, 0.1) is 5.82 Å². The maximum absolute atomic E-state index is 13.8. The van der Waals surface area contributed by atoms with Crippen molar-refractivity contribution in [2.45, 2.75) is 18.9 Å². The van der Waals surface area contributed by atoms with Crippen molar-refractivity contribution in [2.75, 3.05) is 33.4 Å². The number of aliphatic hydroxyl groups excluding tert-OH is 1. The van der Waals surface area contributed by atoms with Gasteiger partial charge in [0.1, 0.15) is 17.5 Å². The molecule has 1 atom stereocenters. The molecule has 4 rings (SSSR count). The van der Waals surface area contributed by atoms with Crippen molar-refractivity contribution in [3.05, 3.63) is 47.8 Å². The zero-order valence-electron chi connectivity index (χ0n) is 14.7. The molecule has 0 radical (unpaired) electrons. The highest BCUT2D eigenvalue weighted by atomic mass is 19.1. The second-order valence-electron chi connectivity index (χ2n) is 6.43. The van der Waals surface area contributed by atoms with Gasteiger partial charge in [0.25, 0.3) is 0 Å². The molecule has 1 saturated heterocycles. The highest BCUT2D eigenvalue weighted by Gasteiger charge is 2.33. The van der Waals surface area contributed by atoms with Crippen LogP contribution >= 0.6 is 0 Å². The van der Waals surface area contributed by atoms with Gasteiger partial charge in [-0.1, -0.05) is 0 Å². The van der Waals surface area contributed by atoms with Crippen LogP contribution in [0.5, 0.6) is 5.88 Å². The first-order valence-electron chi connectivity index (χ1n) is 8.79. The molecule has 8 heteroatoms. The van der Waals surface area contributed by atoms with Gasteiger partial charge in [-0.25, -0.2) is 19.4 Å². The number of halogens is 1. The summed E-state index contributed by atoms with van der Waals surface area (Å²) in [6, 6.07) is 1.49. The van der Waals surface area contributed by atoms with Crippen molar-refractivity contribution in [1.29, 1.82) is 0 Å². The molecule has 1 fully saturated rings. The second-order valence-corrected chi connectivity index (χ2v) is 6.43. The molecule has 4 heterocycles. The van der Waals surface area contributed by atoms with E-state index in [-0.39, 0.29) is 18.5 Å². The Morgan fingerprint density at radius 1 is 1.42 bits per heavy atom. The lowest BCUT2D eigenvalue weighted by Crippen LogP contribution is -2.38. The molecule has 0 spiro atoms. The van der Waals surface area contributed by atoms with Gasteiger partial charge in [0, 0.05) is 31.4 Å². The number of aliphatic imine (C=N–C) groups is 1. The van der Waals surface area contributed by atoms with Crippen LogP contribution in [-0.2, 0) is 0 Å². The summed E-state index contributed by atoms with van der Waals surface area (Å²) in [6.07, 6.45) is 9.04. The van der Waals surface area contributed by atoms with Crippen molar-refractivity contribution in [3.8, 4) is 5.88 Å². The van der Waals surface area contributed by atoms with E-state index in [1.807, 2.05) is 28.4 Å². The largest absolute Gasteiger partial charge is 0.481 e. The number of fused-ring (bicyclic) bond motifs is 1. The highest BCUT2D eigenvalue weighted by Crippen LogP contribution is 2.37. The summed E-state index contributed by atoms with van der Waals surface area (Å²) in [5.41, 5.74) is 0.755. The number of hydrogen-bond donors (Lipinski definition) is 1. The van der Waals surface area contributed by atoms with Crippen molar-refractivity contribution in [1.82, 2.24) is 19.9 Å². The Morgan fingerprint density at radius 2 is 2.31 bits per heavy atom. The zero-order valence-corrected chi connectivity index (χ0v) is 14.7. The first-order valence-corrected chi connectivity index (χ1v) is 8.79. The number of likely N-dealkylation sites (tertiary alicyclic amines) is 1. The van der Waals surface area contributed by atoms with E-state index in [0.717, 1.165) is 43.2 Å². The zero-order chi connectivity index (χ0) is 18.1. The van der Waals surface area contributed by atoms with Crippen LogP contribution in [0.1, 0.15) is 24.4 Å². The number of methoxy groups -OCH3 is 1. The van der Waals surface area contributed by atoms with Gasteiger partial charge in [-0.3, -0.25) is 5.01 Å². The quantitative estimate of drug-likeness (QED) is 0.882. The molecule has 3 aliphatic rings. The fourth-order valence-corrected chi connectivity index (χ4v) is 3.76. The third kappa shape index (κ3) is 2.95. The summed E-state index contributed by atoms with van der Waals surface area (Å²) in [4.78, 5) is 11.0. The van der Waals surface area contributed by atoms with Gasteiger partial charge in [0.2, 0.25) is 5.88 Å². The molecule has 1 N–H and O–H groups in total. The van der Waals surface area contributed by atoms with Gasteiger partial charge in [-0.05, 0) is 31.1 Å². The number of rotatable bonds is 4. The molecule has 7 nitrogen and oxygen atoms in total. The standard InChI is InChI=1S/C18H22FN5O2/c1-26-18-14(11-13(19)12-20-18)15-3-2-6-23(15)16-5-8-24-17(21-16)4-7-22(24)9-10-25/h4-5,8,11-12,15,25H,2-3,6-7,9-10H2,1H3/t15-/m1/s1. The minimum absolute atomic E-state index is 0.0151. The van der Waals surface area contributed by atoms with Crippen LogP contribution in [0.4, 0.5) is 4.39 Å². The fourth-order valence-electron chi connectivity index (χ4n) is 3.76. The molecule has 0 aliphatic carbocycles.